The zero-order chi connectivity index (χ0) is 16.7. The standard InChI is InChI=1S/C18H21ClN2O2/c1-13-3-5-14(6-4-13)12-21-18(22)9-10-20-15-7-8-17(23-2)16(19)11-15/h3-8,11,20H,9-10,12H2,1-2H3,(H,21,22). The molecule has 2 aromatic carbocycles. The maximum absolute atomic E-state index is 11.8. The molecular formula is C18H21ClN2O2. The Bertz CT molecular complexity index is 657. The van der Waals surface area contributed by atoms with Crippen LogP contribution in [0, 0.1) is 6.92 Å². The highest BCUT2D eigenvalue weighted by molar-refractivity contribution is 6.32. The van der Waals surface area contributed by atoms with E-state index in [1.807, 2.05) is 37.3 Å². The fourth-order valence-electron chi connectivity index (χ4n) is 2.09. The number of ether oxygens (including phenoxy) is 1. The first-order valence-electron chi connectivity index (χ1n) is 7.48. The van der Waals surface area contributed by atoms with Gasteiger partial charge in [-0.3, -0.25) is 4.79 Å². The number of nitrogens with one attached hydrogen (secondary N) is 2. The van der Waals surface area contributed by atoms with Gasteiger partial charge in [0, 0.05) is 25.2 Å². The van der Waals surface area contributed by atoms with Gasteiger partial charge < -0.3 is 15.4 Å². The number of carbonyl (C=O) groups is 1. The Morgan fingerprint density at radius 1 is 1.17 bits per heavy atom. The van der Waals surface area contributed by atoms with Gasteiger partial charge in [-0.1, -0.05) is 41.4 Å². The number of hydrogen-bond donors (Lipinski definition) is 2. The van der Waals surface area contributed by atoms with E-state index < -0.39 is 0 Å². The number of aryl methyl sites for hydroxylation is 1. The third-order valence-corrected chi connectivity index (χ3v) is 3.74. The molecule has 0 aliphatic rings. The van der Waals surface area contributed by atoms with Crippen molar-refractivity contribution in [1.29, 1.82) is 0 Å². The summed E-state index contributed by atoms with van der Waals surface area (Å²) in [6.45, 7) is 3.13. The van der Waals surface area contributed by atoms with Crippen molar-refractivity contribution < 1.29 is 9.53 Å². The Hall–Kier alpha value is -2.20. The molecule has 0 aliphatic heterocycles. The van der Waals surface area contributed by atoms with Crippen LogP contribution in [0.2, 0.25) is 5.02 Å². The van der Waals surface area contributed by atoms with Gasteiger partial charge in [0.1, 0.15) is 5.75 Å². The van der Waals surface area contributed by atoms with Crippen LogP contribution in [0.4, 0.5) is 5.69 Å². The van der Waals surface area contributed by atoms with Gasteiger partial charge in [-0.2, -0.15) is 0 Å². The Balaban J connectivity index is 1.72. The normalized spacial score (nSPS) is 10.2. The van der Waals surface area contributed by atoms with E-state index in [2.05, 4.69) is 10.6 Å². The number of methoxy groups -OCH3 is 1. The summed E-state index contributed by atoms with van der Waals surface area (Å²) in [5.74, 6) is 0.644. The molecule has 0 spiro atoms. The largest absolute Gasteiger partial charge is 0.495 e. The van der Waals surface area contributed by atoms with Crippen molar-refractivity contribution in [1.82, 2.24) is 5.32 Å². The van der Waals surface area contributed by atoms with Gasteiger partial charge in [0.2, 0.25) is 5.91 Å². The van der Waals surface area contributed by atoms with E-state index in [0.717, 1.165) is 11.3 Å². The molecule has 0 fully saturated rings. The second kappa shape index (κ2) is 8.44. The lowest BCUT2D eigenvalue weighted by molar-refractivity contribution is -0.121. The summed E-state index contributed by atoms with van der Waals surface area (Å²) in [7, 11) is 1.58. The molecular weight excluding hydrogens is 312 g/mol. The average molecular weight is 333 g/mol. The fraction of sp³-hybridized carbons (Fsp3) is 0.278. The van der Waals surface area contributed by atoms with Gasteiger partial charge in [-0.05, 0) is 30.7 Å². The number of rotatable bonds is 7. The molecule has 2 rings (SSSR count). The first-order chi connectivity index (χ1) is 11.1. The van der Waals surface area contributed by atoms with E-state index in [1.165, 1.54) is 5.56 Å². The van der Waals surface area contributed by atoms with Crippen LogP contribution < -0.4 is 15.4 Å². The van der Waals surface area contributed by atoms with E-state index in [4.69, 9.17) is 16.3 Å². The number of hydrogen-bond acceptors (Lipinski definition) is 3. The quantitative estimate of drug-likeness (QED) is 0.811. The van der Waals surface area contributed by atoms with Crippen molar-refractivity contribution in [2.24, 2.45) is 0 Å². The summed E-state index contributed by atoms with van der Waals surface area (Å²) in [6.07, 6.45) is 0.398. The molecule has 4 nitrogen and oxygen atoms in total. The molecule has 0 bridgehead atoms. The first-order valence-corrected chi connectivity index (χ1v) is 7.86. The maximum Gasteiger partial charge on any atom is 0.222 e. The minimum absolute atomic E-state index is 0.0117. The predicted molar refractivity (Wildman–Crippen MR) is 94.1 cm³/mol. The Morgan fingerprint density at radius 3 is 2.57 bits per heavy atom. The molecule has 23 heavy (non-hydrogen) atoms. The van der Waals surface area contributed by atoms with E-state index in [1.54, 1.807) is 19.2 Å². The monoisotopic (exact) mass is 332 g/mol. The maximum atomic E-state index is 11.8. The average Bonchev–Trinajstić information content (AvgIpc) is 2.54. The molecule has 0 saturated carbocycles. The van der Waals surface area contributed by atoms with Crippen LogP contribution in [0.1, 0.15) is 17.5 Å². The minimum atomic E-state index is 0.0117. The molecule has 0 atom stereocenters. The van der Waals surface area contributed by atoms with Crippen LogP contribution in [0.3, 0.4) is 0 Å². The summed E-state index contributed by atoms with van der Waals surface area (Å²) in [6, 6.07) is 13.6. The van der Waals surface area contributed by atoms with Crippen LogP contribution in [-0.4, -0.2) is 19.6 Å². The van der Waals surface area contributed by atoms with Crippen LogP contribution in [0.25, 0.3) is 0 Å². The highest BCUT2D eigenvalue weighted by atomic mass is 35.5. The zero-order valence-corrected chi connectivity index (χ0v) is 14.1. The zero-order valence-electron chi connectivity index (χ0n) is 13.4. The van der Waals surface area contributed by atoms with Crippen molar-refractivity contribution in [3.05, 3.63) is 58.6 Å². The van der Waals surface area contributed by atoms with Crippen molar-refractivity contribution >= 4 is 23.2 Å². The molecule has 0 unspecified atom stereocenters. The lowest BCUT2D eigenvalue weighted by Gasteiger charge is -2.09. The molecule has 1 amide bonds. The summed E-state index contributed by atoms with van der Waals surface area (Å²) < 4.78 is 5.10. The van der Waals surface area contributed by atoms with Gasteiger partial charge >= 0.3 is 0 Å². The summed E-state index contributed by atoms with van der Waals surface area (Å²) in [4.78, 5) is 11.8. The first kappa shape index (κ1) is 17.2. The predicted octanol–water partition coefficient (Wildman–Crippen LogP) is 3.78. The highest BCUT2D eigenvalue weighted by Gasteiger charge is 2.04. The van der Waals surface area contributed by atoms with E-state index in [-0.39, 0.29) is 5.91 Å². The number of anilines is 1. The molecule has 0 aromatic heterocycles. The lowest BCUT2D eigenvalue weighted by Crippen LogP contribution is -2.24. The van der Waals surface area contributed by atoms with Crippen LogP contribution in [0.5, 0.6) is 5.75 Å². The second-order valence-corrected chi connectivity index (χ2v) is 5.70. The Kier molecular flexibility index (Phi) is 6.29. The highest BCUT2D eigenvalue weighted by Crippen LogP contribution is 2.27. The molecule has 5 heteroatoms. The third-order valence-electron chi connectivity index (χ3n) is 3.44. The fourth-order valence-corrected chi connectivity index (χ4v) is 2.35. The van der Waals surface area contributed by atoms with Gasteiger partial charge in [-0.25, -0.2) is 0 Å². The van der Waals surface area contributed by atoms with Gasteiger partial charge in [0.15, 0.2) is 0 Å². The molecule has 2 aromatic rings. The molecule has 0 saturated heterocycles. The van der Waals surface area contributed by atoms with Crippen LogP contribution in [0.15, 0.2) is 42.5 Å². The van der Waals surface area contributed by atoms with E-state index in [9.17, 15) is 4.79 Å². The minimum Gasteiger partial charge on any atom is -0.495 e. The lowest BCUT2D eigenvalue weighted by atomic mass is 10.1. The number of benzene rings is 2. The van der Waals surface area contributed by atoms with Crippen LogP contribution >= 0.6 is 11.6 Å². The third kappa shape index (κ3) is 5.49. The van der Waals surface area contributed by atoms with Gasteiger partial charge in [0.05, 0.1) is 12.1 Å². The smallest absolute Gasteiger partial charge is 0.222 e. The number of carbonyl (C=O) groups excluding carboxylic acids is 1. The van der Waals surface area contributed by atoms with Crippen molar-refractivity contribution in [2.75, 3.05) is 19.0 Å². The molecule has 0 radical (unpaired) electrons. The van der Waals surface area contributed by atoms with Crippen molar-refractivity contribution in [3.8, 4) is 5.75 Å². The Labute approximate surface area is 141 Å². The molecule has 0 heterocycles. The summed E-state index contributed by atoms with van der Waals surface area (Å²) in [5, 5.41) is 6.62. The van der Waals surface area contributed by atoms with Crippen LogP contribution in [-0.2, 0) is 11.3 Å². The van der Waals surface area contributed by atoms with E-state index in [0.29, 0.717) is 30.3 Å². The van der Waals surface area contributed by atoms with Crippen molar-refractivity contribution in [2.45, 2.75) is 19.9 Å². The van der Waals surface area contributed by atoms with Gasteiger partial charge in [-0.15, -0.1) is 0 Å². The van der Waals surface area contributed by atoms with Crippen molar-refractivity contribution in [3.63, 3.8) is 0 Å². The topological polar surface area (TPSA) is 50.4 Å². The molecule has 0 aliphatic carbocycles. The number of halogens is 1. The SMILES string of the molecule is COc1ccc(NCCC(=O)NCc2ccc(C)cc2)cc1Cl. The second-order valence-electron chi connectivity index (χ2n) is 5.29. The van der Waals surface area contributed by atoms with Gasteiger partial charge in [0.25, 0.3) is 0 Å². The number of amides is 1. The summed E-state index contributed by atoms with van der Waals surface area (Å²) >= 11 is 6.06. The molecule has 2 N–H and O–H groups in total. The Morgan fingerprint density at radius 2 is 1.91 bits per heavy atom. The van der Waals surface area contributed by atoms with E-state index >= 15 is 0 Å². The molecule has 122 valence electrons. The summed E-state index contributed by atoms with van der Waals surface area (Å²) in [5.41, 5.74) is 3.17.